The molecule has 1 aromatic carbocycles. The molecule has 3 rings (SSSR count). The lowest BCUT2D eigenvalue weighted by Gasteiger charge is -2.04. The Morgan fingerprint density at radius 1 is 1.12 bits per heavy atom. The van der Waals surface area contributed by atoms with Crippen LogP contribution in [0.25, 0.3) is 11.5 Å². The molecule has 0 unspecified atom stereocenters. The Balaban J connectivity index is 1.49. The third-order valence-corrected chi connectivity index (χ3v) is 3.87. The molecule has 2 heterocycles. The summed E-state index contributed by atoms with van der Waals surface area (Å²) in [6.07, 6.45) is 0.860. The van der Waals surface area contributed by atoms with Gasteiger partial charge in [0.2, 0.25) is 0 Å². The van der Waals surface area contributed by atoms with E-state index in [1.807, 2.05) is 44.2 Å². The molecule has 0 N–H and O–H groups in total. The van der Waals surface area contributed by atoms with Gasteiger partial charge in [0, 0.05) is 6.42 Å². The Hall–Kier alpha value is -3.09. The summed E-state index contributed by atoms with van der Waals surface area (Å²) in [7, 11) is 1.62. The highest BCUT2D eigenvalue weighted by molar-refractivity contribution is 5.69. The van der Waals surface area contributed by atoms with Crippen molar-refractivity contribution in [3.8, 4) is 17.2 Å². The molecule has 0 aliphatic rings. The Bertz CT molecular complexity index is 880. The molecule has 26 heavy (non-hydrogen) atoms. The first-order valence-electron chi connectivity index (χ1n) is 8.23. The number of carbonyl (C=O) groups is 1. The first-order chi connectivity index (χ1) is 12.5. The van der Waals surface area contributed by atoms with Gasteiger partial charge in [0.1, 0.15) is 17.3 Å². The van der Waals surface area contributed by atoms with Crippen molar-refractivity contribution in [2.75, 3.05) is 7.11 Å². The van der Waals surface area contributed by atoms with Crippen LogP contribution < -0.4 is 4.74 Å². The molecule has 0 amide bonds. The molecule has 2 aromatic heterocycles. The second-order valence-corrected chi connectivity index (χ2v) is 5.84. The van der Waals surface area contributed by atoms with Crippen LogP contribution in [0.4, 0.5) is 0 Å². The molecule has 0 saturated heterocycles. The quantitative estimate of drug-likeness (QED) is 0.597. The van der Waals surface area contributed by atoms with Crippen molar-refractivity contribution in [2.45, 2.75) is 33.3 Å². The highest BCUT2D eigenvalue weighted by Gasteiger charge is 2.15. The van der Waals surface area contributed by atoms with E-state index < -0.39 is 0 Å². The molecule has 0 aliphatic heterocycles. The summed E-state index contributed by atoms with van der Waals surface area (Å²) in [6.45, 7) is 3.62. The summed E-state index contributed by atoms with van der Waals surface area (Å²) in [5.74, 6) is 2.53. The Kier molecular flexibility index (Phi) is 5.36. The van der Waals surface area contributed by atoms with Crippen LogP contribution in [-0.2, 0) is 22.6 Å². The summed E-state index contributed by atoms with van der Waals surface area (Å²) < 4.78 is 21.3. The lowest BCUT2D eigenvalue weighted by molar-refractivity contribution is -0.145. The number of aryl methyl sites for hydroxylation is 3. The lowest BCUT2D eigenvalue weighted by atomic mass is 10.1. The van der Waals surface area contributed by atoms with Crippen molar-refractivity contribution in [1.29, 1.82) is 0 Å². The van der Waals surface area contributed by atoms with Gasteiger partial charge in [-0.1, -0.05) is 12.1 Å². The Morgan fingerprint density at radius 3 is 2.54 bits per heavy atom. The van der Waals surface area contributed by atoms with Gasteiger partial charge in [-0.2, -0.15) is 0 Å². The summed E-state index contributed by atoms with van der Waals surface area (Å²) in [5.41, 5.74) is 1.78. The third kappa shape index (κ3) is 4.30. The highest BCUT2D eigenvalue weighted by atomic mass is 16.5. The standard InChI is InChI=1S/C19H20N2O5/c1-12-10-16(13(2)25-12)19-21-20-17(26-19)11-24-18(22)9-6-14-4-7-15(23-3)8-5-14/h4-5,7-8,10H,6,9,11H2,1-3H3. The molecule has 0 atom stereocenters. The molecule has 0 aliphatic carbocycles. The van der Waals surface area contributed by atoms with Gasteiger partial charge in [0.05, 0.1) is 12.7 Å². The van der Waals surface area contributed by atoms with Crippen LogP contribution in [0.3, 0.4) is 0 Å². The zero-order valence-electron chi connectivity index (χ0n) is 14.9. The summed E-state index contributed by atoms with van der Waals surface area (Å²) in [6, 6.07) is 9.39. The van der Waals surface area contributed by atoms with Crippen molar-refractivity contribution < 1.29 is 23.1 Å². The van der Waals surface area contributed by atoms with Gasteiger partial charge in [0.15, 0.2) is 6.61 Å². The van der Waals surface area contributed by atoms with Crippen molar-refractivity contribution in [3.05, 3.63) is 53.3 Å². The molecule has 0 fully saturated rings. The second kappa shape index (κ2) is 7.86. The van der Waals surface area contributed by atoms with Gasteiger partial charge < -0.3 is 18.3 Å². The van der Waals surface area contributed by atoms with Gasteiger partial charge >= 0.3 is 5.97 Å². The van der Waals surface area contributed by atoms with Gasteiger partial charge in [-0.05, 0) is 44.0 Å². The molecule has 0 bridgehead atoms. The van der Waals surface area contributed by atoms with Crippen molar-refractivity contribution >= 4 is 5.97 Å². The Morgan fingerprint density at radius 2 is 1.88 bits per heavy atom. The van der Waals surface area contributed by atoms with E-state index >= 15 is 0 Å². The number of furan rings is 1. The summed E-state index contributed by atoms with van der Waals surface area (Å²) in [5, 5.41) is 7.87. The van der Waals surface area contributed by atoms with Gasteiger partial charge in [-0.25, -0.2) is 0 Å². The normalized spacial score (nSPS) is 10.7. The zero-order valence-corrected chi connectivity index (χ0v) is 14.9. The smallest absolute Gasteiger partial charge is 0.306 e. The number of hydrogen-bond donors (Lipinski definition) is 0. The van der Waals surface area contributed by atoms with E-state index in [1.165, 1.54) is 0 Å². The number of rotatable bonds is 7. The number of aromatic nitrogens is 2. The van der Waals surface area contributed by atoms with E-state index in [0.717, 1.165) is 22.6 Å². The second-order valence-electron chi connectivity index (χ2n) is 5.84. The SMILES string of the molecule is COc1ccc(CCC(=O)OCc2nnc(-c3cc(C)oc3C)o2)cc1. The number of methoxy groups -OCH3 is 1. The van der Waals surface area contributed by atoms with Gasteiger partial charge in [-0.3, -0.25) is 4.79 Å². The maximum atomic E-state index is 11.9. The van der Waals surface area contributed by atoms with Crippen LogP contribution >= 0.6 is 0 Å². The average molecular weight is 356 g/mol. The number of ether oxygens (including phenoxy) is 2. The molecule has 0 radical (unpaired) electrons. The molecule has 7 nitrogen and oxygen atoms in total. The molecular formula is C19H20N2O5. The van der Waals surface area contributed by atoms with E-state index in [9.17, 15) is 4.79 Å². The number of benzene rings is 1. The van der Waals surface area contributed by atoms with Gasteiger partial charge in [0.25, 0.3) is 11.8 Å². The maximum absolute atomic E-state index is 11.9. The van der Waals surface area contributed by atoms with Crippen LogP contribution in [0.5, 0.6) is 5.75 Å². The maximum Gasteiger partial charge on any atom is 0.306 e. The monoisotopic (exact) mass is 356 g/mol. The minimum atomic E-state index is -0.323. The van der Waals surface area contributed by atoms with E-state index in [-0.39, 0.29) is 24.9 Å². The van der Waals surface area contributed by atoms with E-state index in [0.29, 0.717) is 18.1 Å². The van der Waals surface area contributed by atoms with Crippen LogP contribution in [0.1, 0.15) is 29.4 Å². The molecular weight excluding hydrogens is 336 g/mol. The Labute approximate surface area is 150 Å². The molecule has 136 valence electrons. The zero-order chi connectivity index (χ0) is 18.5. The fourth-order valence-electron chi connectivity index (χ4n) is 2.52. The van der Waals surface area contributed by atoms with E-state index in [4.69, 9.17) is 18.3 Å². The number of carbonyl (C=O) groups excluding carboxylic acids is 1. The number of nitrogens with zero attached hydrogens (tertiary/aromatic N) is 2. The van der Waals surface area contributed by atoms with Crippen LogP contribution in [0, 0.1) is 13.8 Å². The number of esters is 1. The van der Waals surface area contributed by atoms with Gasteiger partial charge in [-0.15, -0.1) is 10.2 Å². The van der Waals surface area contributed by atoms with Crippen molar-refractivity contribution in [2.24, 2.45) is 0 Å². The minimum absolute atomic E-state index is 0.0513. The topological polar surface area (TPSA) is 87.6 Å². The number of hydrogen-bond acceptors (Lipinski definition) is 7. The van der Waals surface area contributed by atoms with E-state index in [2.05, 4.69) is 10.2 Å². The summed E-state index contributed by atoms with van der Waals surface area (Å²) in [4.78, 5) is 11.9. The lowest BCUT2D eigenvalue weighted by Crippen LogP contribution is -2.06. The average Bonchev–Trinajstić information content (AvgIpc) is 3.24. The predicted molar refractivity (Wildman–Crippen MR) is 92.6 cm³/mol. The fraction of sp³-hybridized carbons (Fsp3) is 0.316. The van der Waals surface area contributed by atoms with Crippen molar-refractivity contribution in [3.63, 3.8) is 0 Å². The molecule has 7 heteroatoms. The van der Waals surface area contributed by atoms with Crippen LogP contribution in [-0.4, -0.2) is 23.3 Å². The van der Waals surface area contributed by atoms with E-state index in [1.54, 1.807) is 7.11 Å². The predicted octanol–water partition coefficient (Wildman–Crippen LogP) is 3.63. The van der Waals surface area contributed by atoms with Crippen LogP contribution in [0.15, 0.2) is 39.2 Å². The van der Waals surface area contributed by atoms with Crippen molar-refractivity contribution in [1.82, 2.24) is 10.2 Å². The first-order valence-corrected chi connectivity index (χ1v) is 8.23. The first kappa shape index (κ1) is 17.7. The summed E-state index contributed by atoms with van der Waals surface area (Å²) >= 11 is 0. The fourth-order valence-corrected chi connectivity index (χ4v) is 2.52. The minimum Gasteiger partial charge on any atom is -0.497 e. The molecule has 0 saturated carbocycles. The van der Waals surface area contributed by atoms with Crippen LogP contribution in [0.2, 0.25) is 0 Å². The highest BCUT2D eigenvalue weighted by Crippen LogP contribution is 2.25. The molecule has 3 aromatic rings. The third-order valence-electron chi connectivity index (χ3n) is 3.87. The largest absolute Gasteiger partial charge is 0.497 e. The molecule has 0 spiro atoms.